The van der Waals surface area contributed by atoms with Crippen LogP contribution in [0.5, 0.6) is 11.5 Å². The Morgan fingerprint density at radius 2 is 2.00 bits per heavy atom. The lowest BCUT2D eigenvalue weighted by Crippen LogP contribution is -2.32. The van der Waals surface area contributed by atoms with Crippen molar-refractivity contribution in [3.63, 3.8) is 0 Å². The Balaban J connectivity index is 1.82. The van der Waals surface area contributed by atoms with Crippen LogP contribution >= 0.6 is 23.2 Å². The molecule has 2 aromatic carbocycles. The number of carbonyl (C=O) groups excluding carboxylic acids is 1. The first-order chi connectivity index (χ1) is 10.6. The van der Waals surface area contributed by atoms with Crippen molar-refractivity contribution in [3.05, 3.63) is 52.5 Å². The molecule has 0 aliphatic rings. The zero-order chi connectivity index (χ0) is 15.9. The fraction of sp³-hybridized carbons (Fsp3) is 0.133. The molecule has 0 spiro atoms. The molecule has 0 radical (unpaired) electrons. The molecule has 0 bridgehead atoms. The van der Waals surface area contributed by atoms with E-state index in [1.165, 1.54) is 0 Å². The number of methoxy groups -OCH3 is 1. The summed E-state index contributed by atoms with van der Waals surface area (Å²) < 4.78 is 10.4. The first-order valence-corrected chi connectivity index (χ1v) is 7.11. The summed E-state index contributed by atoms with van der Waals surface area (Å²) in [6.45, 7) is -0.0306. The normalized spacial score (nSPS) is 9.95. The fourth-order valence-electron chi connectivity index (χ4n) is 1.65. The summed E-state index contributed by atoms with van der Waals surface area (Å²) in [4.78, 5) is 11.7. The van der Waals surface area contributed by atoms with Crippen molar-refractivity contribution < 1.29 is 14.3 Å². The number of ether oxygens (including phenoxy) is 2. The first-order valence-electron chi connectivity index (χ1n) is 6.35. The quantitative estimate of drug-likeness (QED) is 0.803. The van der Waals surface area contributed by atoms with Gasteiger partial charge in [-0.3, -0.25) is 0 Å². The molecule has 2 amide bonds. The van der Waals surface area contributed by atoms with Gasteiger partial charge in [0.1, 0.15) is 11.5 Å². The zero-order valence-corrected chi connectivity index (χ0v) is 13.2. The Morgan fingerprint density at radius 1 is 1.18 bits per heavy atom. The third kappa shape index (κ3) is 4.72. The van der Waals surface area contributed by atoms with Crippen LogP contribution in [0.4, 0.5) is 10.5 Å². The second kappa shape index (κ2) is 7.77. The molecule has 2 rings (SSSR count). The predicted molar refractivity (Wildman–Crippen MR) is 87.1 cm³/mol. The molecule has 5 nitrogen and oxygen atoms in total. The number of hydrogen-bond acceptors (Lipinski definition) is 3. The maximum Gasteiger partial charge on any atom is 0.321 e. The van der Waals surface area contributed by atoms with Crippen molar-refractivity contribution in [2.75, 3.05) is 19.2 Å². The smallest absolute Gasteiger partial charge is 0.321 e. The van der Waals surface area contributed by atoms with Crippen LogP contribution in [0, 0.1) is 0 Å². The van der Waals surface area contributed by atoms with E-state index in [0.29, 0.717) is 27.2 Å². The average Bonchev–Trinajstić information content (AvgIpc) is 2.49. The maximum atomic E-state index is 11.7. The molecule has 2 N–H and O–H groups in total. The predicted octanol–water partition coefficient (Wildman–Crippen LogP) is 4.16. The van der Waals surface area contributed by atoms with Gasteiger partial charge in [0.25, 0.3) is 0 Å². The third-order valence-electron chi connectivity index (χ3n) is 2.68. The number of carbonyl (C=O) groups is 1. The number of nitrogens with one attached hydrogen (secondary N) is 2. The molecule has 116 valence electrons. The van der Waals surface area contributed by atoms with Gasteiger partial charge in [-0.15, -0.1) is 0 Å². The van der Waals surface area contributed by atoms with E-state index >= 15 is 0 Å². The number of amides is 2. The Kier molecular flexibility index (Phi) is 5.75. The topological polar surface area (TPSA) is 59.6 Å². The van der Waals surface area contributed by atoms with E-state index < -0.39 is 6.03 Å². The van der Waals surface area contributed by atoms with Crippen molar-refractivity contribution in [3.8, 4) is 11.5 Å². The fourth-order valence-corrected chi connectivity index (χ4v) is 2.11. The van der Waals surface area contributed by atoms with Gasteiger partial charge in [0.05, 0.1) is 12.1 Å². The highest BCUT2D eigenvalue weighted by Crippen LogP contribution is 2.27. The highest BCUT2D eigenvalue weighted by atomic mass is 35.5. The molecule has 0 heterocycles. The summed E-state index contributed by atoms with van der Waals surface area (Å²) in [6, 6.07) is 11.5. The van der Waals surface area contributed by atoms with E-state index in [4.69, 9.17) is 32.7 Å². The Labute approximate surface area is 138 Å². The minimum absolute atomic E-state index is 0.0306. The molecule has 22 heavy (non-hydrogen) atoms. The number of benzene rings is 2. The largest absolute Gasteiger partial charge is 0.497 e. The van der Waals surface area contributed by atoms with Crippen LogP contribution in [0.25, 0.3) is 0 Å². The van der Waals surface area contributed by atoms with Gasteiger partial charge in [0, 0.05) is 16.8 Å². The van der Waals surface area contributed by atoms with Crippen molar-refractivity contribution in [2.45, 2.75) is 0 Å². The maximum absolute atomic E-state index is 11.7. The molecule has 0 saturated carbocycles. The van der Waals surface area contributed by atoms with Crippen LogP contribution < -0.4 is 20.1 Å². The van der Waals surface area contributed by atoms with E-state index in [0.717, 1.165) is 0 Å². The minimum atomic E-state index is -0.404. The molecule has 0 atom stereocenters. The lowest BCUT2D eigenvalue weighted by atomic mass is 10.3. The van der Waals surface area contributed by atoms with Gasteiger partial charge in [-0.05, 0) is 30.3 Å². The van der Waals surface area contributed by atoms with Gasteiger partial charge in [0.15, 0.2) is 6.73 Å². The number of halogens is 2. The second-order valence-corrected chi connectivity index (χ2v) is 5.07. The number of urea groups is 1. The molecular formula is C15H14Cl2N2O3. The molecule has 0 aromatic heterocycles. The Morgan fingerprint density at radius 3 is 2.73 bits per heavy atom. The molecular weight excluding hydrogens is 327 g/mol. The second-order valence-electron chi connectivity index (χ2n) is 4.23. The molecule has 0 aliphatic heterocycles. The summed E-state index contributed by atoms with van der Waals surface area (Å²) in [6.07, 6.45) is 0. The van der Waals surface area contributed by atoms with Gasteiger partial charge in [-0.25, -0.2) is 4.79 Å². The van der Waals surface area contributed by atoms with Crippen molar-refractivity contribution >= 4 is 34.9 Å². The standard InChI is InChI=1S/C15H14Cl2N2O3/c1-21-12-4-2-3-11(8-12)19-15(20)18-9-22-14-6-5-10(16)7-13(14)17/h2-8H,9H2,1H3,(H2,18,19,20). The summed E-state index contributed by atoms with van der Waals surface area (Å²) in [5.74, 6) is 1.09. The molecule has 0 unspecified atom stereocenters. The van der Waals surface area contributed by atoms with Crippen molar-refractivity contribution in [1.29, 1.82) is 0 Å². The Hall–Kier alpha value is -2.11. The number of hydrogen-bond donors (Lipinski definition) is 2. The summed E-state index contributed by atoms with van der Waals surface area (Å²) in [7, 11) is 1.56. The summed E-state index contributed by atoms with van der Waals surface area (Å²) in [5.41, 5.74) is 0.612. The molecule has 0 saturated heterocycles. The molecule has 7 heteroatoms. The van der Waals surface area contributed by atoms with Gasteiger partial charge in [-0.1, -0.05) is 29.3 Å². The van der Waals surface area contributed by atoms with E-state index in [1.807, 2.05) is 0 Å². The van der Waals surface area contributed by atoms with Gasteiger partial charge in [-0.2, -0.15) is 0 Å². The van der Waals surface area contributed by atoms with Gasteiger partial charge < -0.3 is 20.1 Å². The van der Waals surface area contributed by atoms with Crippen LogP contribution in [0.3, 0.4) is 0 Å². The zero-order valence-electron chi connectivity index (χ0n) is 11.7. The van der Waals surface area contributed by atoms with Crippen LogP contribution in [-0.2, 0) is 0 Å². The van der Waals surface area contributed by atoms with Crippen LogP contribution in [0.15, 0.2) is 42.5 Å². The minimum Gasteiger partial charge on any atom is -0.497 e. The van der Waals surface area contributed by atoms with Crippen molar-refractivity contribution in [1.82, 2.24) is 5.32 Å². The van der Waals surface area contributed by atoms with E-state index in [-0.39, 0.29) is 6.73 Å². The summed E-state index contributed by atoms with van der Waals surface area (Å²) in [5, 5.41) is 6.11. The van der Waals surface area contributed by atoms with Crippen LogP contribution in [0.2, 0.25) is 10.0 Å². The van der Waals surface area contributed by atoms with E-state index in [1.54, 1.807) is 49.6 Å². The lowest BCUT2D eigenvalue weighted by molar-refractivity contribution is 0.234. The summed E-state index contributed by atoms with van der Waals surface area (Å²) >= 11 is 11.7. The molecule has 2 aromatic rings. The Bertz CT molecular complexity index is 665. The first kappa shape index (κ1) is 16.3. The van der Waals surface area contributed by atoms with E-state index in [9.17, 15) is 4.79 Å². The third-order valence-corrected chi connectivity index (χ3v) is 3.21. The SMILES string of the molecule is COc1cccc(NC(=O)NCOc2ccc(Cl)cc2Cl)c1. The molecule has 0 aliphatic carbocycles. The highest BCUT2D eigenvalue weighted by molar-refractivity contribution is 6.35. The highest BCUT2D eigenvalue weighted by Gasteiger charge is 2.05. The monoisotopic (exact) mass is 340 g/mol. The van der Waals surface area contributed by atoms with E-state index in [2.05, 4.69) is 10.6 Å². The number of rotatable bonds is 5. The van der Waals surface area contributed by atoms with Crippen molar-refractivity contribution in [2.24, 2.45) is 0 Å². The lowest BCUT2D eigenvalue weighted by Gasteiger charge is -2.11. The van der Waals surface area contributed by atoms with Crippen LogP contribution in [-0.4, -0.2) is 19.9 Å². The van der Waals surface area contributed by atoms with Crippen LogP contribution in [0.1, 0.15) is 0 Å². The number of anilines is 1. The average molecular weight is 341 g/mol. The van der Waals surface area contributed by atoms with Gasteiger partial charge in [0.2, 0.25) is 0 Å². The molecule has 0 fully saturated rings. The van der Waals surface area contributed by atoms with Gasteiger partial charge >= 0.3 is 6.03 Å².